The molecule has 8 heteroatoms. The molecule has 27 heavy (non-hydrogen) atoms. The van der Waals surface area contributed by atoms with E-state index in [1.807, 2.05) is 0 Å². The molecule has 8 nitrogen and oxygen atoms in total. The Labute approximate surface area is 155 Å². The Morgan fingerprint density at radius 1 is 0.926 bits per heavy atom. The number of hydrogen-bond acceptors (Lipinski definition) is 6. The molecular formula is C19H17N3O5. The maximum atomic E-state index is 12.0. The number of methoxy groups -OCH3 is 1. The van der Waals surface area contributed by atoms with Crippen molar-refractivity contribution in [2.75, 3.05) is 24.4 Å². The van der Waals surface area contributed by atoms with Gasteiger partial charge < -0.3 is 20.1 Å². The number of anilines is 2. The summed E-state index contributed by atoms with van der Waals surface area (Å²) in [6.45, 7) is -0.439. The summed E-state index contributed by atoms with van der Waals surface area (Å²) in [6.07, 6.45) is -0.257. The topological polar surface area (TPSA) is 118 Å². The predicted molar refractivity (Wildman–Crippen MR) is 97.2 cm³/mol. The smallest absolute Gasteiger partial charge is 0.338 e. The molecule has 2 aromatic carbocycles. The largest absolute Gasteiger partial charge is 0.497 e. The lowest BCUT2D eigenvalue weighted by atomic mass is 10.2. The first-order valence-corrected chi connectivity index (χ1v) is 7.89. The molecule has 0 radical (unpaired) electrons. The summed E-state index contributed by atoms with van der Waals surface area (Å²) in [6, 6.07) is 14.4. The molecule has 0 unspecified atom stereocenters. The molecule has 0 fully saturated rings. The molecule has 0 heterocycles. The summed E-state index contributed by atoms with van der Waals surface area (Å²) in [5, 5.41) is 13.5. The van der Waals surface area contributed by atoms with Crippen molar-refractivity contribution in [3.8, 4) is 11.8 Å². The van der Waals surface area contributed by atoms with Gasteiger partial charge >= 0.3 is 5.97 Å². The highest BCUT2D eigenvalue weighted by atomic mass is 16.5. The van der Waals surface area contributed by atoms with Crippen molar-refractivity contribution in [1.82, 2.24) is 0 Å². The number of amides is 2. The van der Waals surface area contributed by atoms with E-state index in [1.165, 1.54) is 24.3 Å². The third kappa shape index (κ3) is 6.17. The fourth-order valence-electron chi connectivity index (χ4n) is 2.05. The van der Waals surface area contributed by atoms with E-state index >= 15 is 0 Å². The van der Waals surface area contributed by atoms with Crippen LogP contribution in [-0.4, -0.2) is 31.5 Å². The van der Waals surface area contributed by atoms with Gasteiger partial charge in [-0.3, -0.25) is 9.59 Å². The number of nitrogens with one attached hydrogen (secondary N) is 2. The van der Waals surface area contributed by atoms with Crippen LogP contribution in [0.3, 0.4) is 0 Å². The molecule has 0 aliphatic rings. The zero-order chi connectivity index (χ0) is 19.6. The van der Waals surface area contributed by atoms with Gasteiger partial charge in [-0.25, -0.2) is 4.79 Å². The van der Waals surface area contributed by atoms with Crippen molar-refractivity contribution in [3.63, 3.8) is 0 Å². The second kappa shape index (κ2) is 9.58. The van der Waals surface area contributed by atoms with Crippen LogP contribution < -0.4 is 15.4 Å². The lowest BCUT2D eigenvalue weighted by Crippen LogP contribution is -2.20. The molecule has 0 aliphatic heterocycles. The summed E-state index contributed by atoms with van der Waals surface area (Å²) in [4.78, 5) is 35.1. The van der Waals surface area contributed by atoms with Crippen LogP contribution in [0.15, 0.2) is 48.5 Å². The first-order valence-electron chi connectivity index (χ1n) is 7.89. The van der Waals surface area contributed by atoms with Gasteiger partial charge in [0.05, 0.1) is 18.7 Å². The van der Waals surface area contributed by atoms with Gasteiger partial charge in [0.1, 0.15) is 12.2 Å². The summed E-state index contributed by atoms with van der Waals surface area (Å²) in [5.41, 5.74) is 1.23. The summed E-state index contributed by atoms with van der Waals surface area (Å²) < 4.78 is 9.98. The van der Waals surface area contributed by atoms with Crippen molar-refractivity contribution in [3.05, 3.63) is 54.1 Å². The van der Waals surface area contributed by atoms with Gasteiger partial charge in [0, 0.05) is 11.4 Å². The minimum atomic E-state index is -0.671. The fourth-order valence-corrected chi connectivity index (χ4v) is 2.05. The number of carbonyl (C=O) groups is 3. The average molecular weight is 367 g/mol. The van der Waals surface area contributed by atoms with Crippen LogP contribution in [0, 0.1) is 11.3 Å². The summed E-state index contributed by atoms with van der Waals surface area (Å²) in [5.74, 6) is -0.932. The quantitative estimate of drug-likeness (QED) is 0.725. The van der Waals surface area contributed by atoms with Gasteiger partial charge in [0.2, 0.25) is 5.91 Å². The minimum absolute atomic E-state index is 0.227. The van der Waals surface area contributed by atoms with Gasteiger partial charge in [0.15, 0.2) is 6.61 Å². The Kier molecular flexibility index (Phi) is 6.91. The Morgan fingerprint density at radius 2 is 1.48 bits per heavy atom. The Balaban J connectivity index is 1.82. The van der Waals surface area contributed by atoms with E-state index in [4.69, 9.17) is 14.7 Å². The number of nitriles is 1. The lowest BCUT2D eigenvalue weighted by Gasteiger charge is -2.08. The highest BCUT2D eigenvalue weighted by Gasteiger charge is 2.11. The lowest BCUT2D eigenvalue weighted by molar-refractivity contribution is -0.119. The van der Waals surface area contributed by atoms with Crippen molar-refractivity contribution >= 4 is 29.2 Å². The molecular weight excluding hydrogens is 350 g/mol. The average Bonchev–Trinajstić information content (AvgIpc) is 2.67. The number of carbonyl (C=O) groups excluding carboxylic acids is 3. The maximum absolute atomic E-state index is 12.0. The Morgan fingerprint density at radius 3 is 2.04 bits per heavy atom. The second-order valence-electron chi connectivity index (χ2n) is 5.31. The molecule has 0 atom stereocenters. The highest BCUT2D eigenvalue weighted by Crippen LogP contribution is 2.15. The molecule has 0 aromatic heterocycles. The van der Waals surface area contributed by atoms with Crippen LogP contribution >= 0.6 is 0 Å². The van der Waals surface area contributed by atoms with Gasteiger partial charge in [0.25, 0.3) is 5.91 Å². The van der Waals surface area contributed by atoms with Crippen LogP contribution in [0.5, 0.6) is 5.75 Å². The van der Waals surface area contributed by atoms with Crippen LogP contribution in [0.1, 0.15) is 16.8 Å². The van der Waals surface area contributed by atoms with E-state index in [-0.39, 0.29) is 12.0 Å². The molecule has 0 saturated heterocycles. The van der Waals surface area contributed by atoms with Crippen LogP contribution in [0.4, 0.5) is 11.4 Å². The van der Waals surface area contributed by atoms with E-state index in [1.54, 1.807) is 37.4 Å². The zero-order valence-corrected chi connectivity index (χ0v) is 14.5. The minimum Gasteiger partial charge on any atom is -0.497 e. The molecule has 138 valence electrons. The third-order valence-corrected chi connectivity index (χ3v) is 3.35. The van der Waals surface area contributed by atoms with Crippen molar-refractivity contribution in [1.29, 1.82) is 5.26 Å². The molecule has 0 aliphatic carbocycles. The number of hydrogen-bond donors (Lipinski definition) is 2. The van der Waals surface area contributed by atoms with E-state index in [0.29, 0.717) is 17.1 Å². The van der Waals surface area contributed by atoms with Crippen molar-refractivity contribution < 1.29 is 23.9 Å². The number of benzene rings is 2. The zero-order valence-electron chi connectivity index (χ0n) is 14.5. The Hall–Kier alpha value is -3.86. The first-order chi connectivity index (χ1) is 13.0. The second-order valence-corrected chi connectivity index (χ2v) is 5.31. The van der Waals surface area contributed by atoms with Gasteiger partial charge in [-0.2, -0.15) is 5.26 Å². The van der Waals surface area contributed by atoms with Crippen LogP contribution in [-0.2, 0) is 14.3 Å². The van der Waals surface area contributed by atoms with Crippen LogP contribution in [0.2, 0.25) is 0 Å². The number of esters is 1. The molecule has 2 amide bonds. The summed E-state index contributed by atoms with van der Waals surface area (Å²) in [7, 11) is 1.54. The summed E-state index contributed by atoms with van der Waals surface area (Å²) >= 11 is 0. The molecule has 2 aromatic rings. The van der Waals surface area contributed by atoms with E-state index in [0.717, 1.165) is 0 Å². The molecule has 0 bridgehead atoms. The monoisotopic (exact) mass is 367 g/mol. The normalized spacial score (nSPS) is 9.63. The van der Waals surface area contributed by atoms with Gasteiger partial charge in [-0.05, 0) is 48.5 Å². The number of ether oxygens (including phenoxy) is 2. The fraction of sp³-hybridized carbons (Fsp3) is 0.158. The number of nitrogens with zero attached hydrogens (tertiary/aromatic N) is 1. The van der Waals surface area contributed by atoms with Crippen LogP contribution in [0.25, 0.3) is 0 Å². The first kappa shape index (κ1) is 19.5. The van der Waals surface area contributed by atoms with E-state index in [9.17, 15) is 14.4 Å². The molecule has 0 spiro atoms. The van der Waals surface area contributed by atoms with E-state index in [2.05, 4.69) is 10.6 Å². The standard InChI is InChI=1S/C19H17N3O5/c1-26-16-8-6-15(7-9-16)22-18(24)12-27-19(25)13-2-4-14(5-3-13)21-17(23)10-11-20/h2-9H,10,12H2,1H3,(H,21,23)(H,22,24). The number of rotatable bonds is 7. The van der Waals surface area contributed by atoms with Crippen molar-refractivity contribution in [2.24, 2.45) is 0 Å². The Bertz CT molecular complexity index is 854. The van der Waals surface area contributed by atoms with Gasteiger partial charge in [-0.1, -0.05) is 0 Å². The molecule has 2 N–H and O–H groups in total. The van der Waals surface area contributed by atoms with Crippen molar-refractivity contribution in [2.45, 2.75) is 6.42 Å². The molecule has 0 saturated carbocycles. The maximum Gasteiger partial charge on any atom is 0.338 e. The van der Waals surface area contributed by atoms with Gasteiger partial charge in [-0.15, -0.1) is 0 Å². The molecule has 2 rings (SSSR count). The predicted octanol–water partition coefficient (Wildman–Crippen LogP) is 2.34. The van der Waals surface area contributed by atoms with E-state index < -0.39 is 24.4 Å². The highest BCUT2D eigenvalue weighted by molar-refractivity contribution is 5.96. The SMILES string of the molecule is COc1ccc(NC(=O)COC(=O)c2ccc(NC(=O)CC#N)cc2)cc1. The third-order valence-electron chi connectivity index (χ3n) is 3.35.